The van der Waals surface area contributed by atoms with E-state index in [2.05, 4.69) is 10.2 Å². The van der Waals surface area contributed by atoms with Gasteiger partial charge in [-0.05, 0) is 53.0 Å². The number of hydrogen-bond acceptors (Lipinski definition) is 4. The van der Waals surface area contributed by atoms with Crippen LogP contribution in [0.5, 0.6) is 0 Å². The lowest BCUT2D eigenvalue weighted by Gasteiger charge is -2.27. The topological polar surface area (TPSA) is 49.4 Å². The maximum atomic E-state index is 12.2. The van der Waals surface area contributed by atoms with Crippen molar-refractivity contribution in [3.63, 3.8) is 0 Å². The van der Waals surface area contributed by atoms with E-state index >= 15 is 0 Å². The number of sulfone groups is 1. The summed E-state index contributed by atoms with van der Waals surface area (Å²) in [5.41, 5.74) is 0. The second-order valence-electron chi connectivity index (χ2n) is 6.95. The van der Waals surface area contributed by atoms with Gasteiger partial charge in [-0.2, -0.15) is 0 Å². The molecule has 1 aliphatic carbocycles. The van der Waals surface area contributed by atoms with E-state index in [-0.39, 0.29) is 0 Å². The molecule has 0 aromatic carbocycles. The predicted molar refractivity (Wildman–Crippen MR) is 79.2 cm³/mol. The van der Waals surface area contributed by atoms with Crippen molar-refractivity contribution in [2.24, 2.45) is 0 Å². The first-order valence-electron chi connectivity index (χ1n) is 7.49. The Balaban J connectivity index is 1.87. The van der Waals surface area contributed by atoms with Crippen molar-refractivity contribution in [3.8, 4) is 0 Å². The Morgan fingerprint density at radius 3 is 2.37 bits per heavy atom. The molecule has 0 bridgehead atoms. The fraction of sp³-hybridized carbons (Fsp3) is 1.00. The van der Waals surface area contributed by atoms with E-state index in [0.717, 1.165) is 13.1 Å². The van der Waals surface area contributed by atoms with Crippen LogP contribution in [-0.4, -0.2) is 55.5 Å². The van der Waals surface area contributed by atoms with Crippen LogP contribution in [0.25, 0.3) is 0 Å². The lowest BCUT2D eigenvalue weighted by molar-refractivity contribution is 0.252. The predicted octanol–water partition coefficient (Wildman–Crippen LogP) is 1.42. The van der Waals surface area contributed by atoms with Gasteiger partial charge in [0.05, 0.1) is 10.5 Å². The molecule has 1 saturated carbocycles. The number of hydrogen-bond donors (Lipinski definition) is 1. The lowest BCUT2D eigenvalue weighted by Crippen LogP contribution is -2.42. The molecule has 2 rings (SSSR count). The first-order valence-corrected chi connectivity index (χ1v) is 9.14. The van der Waals surface area contributed by atoms with Crippen LogP contribution in [0.1, 0.15) is 46.5 Å². The average molecular weight is 288 g/mol. The third kappa shape index (κ3) is 4.17. The van der Waals surface area contributed by atoms with Crippen LogP contribution in [0.15, 0.2) is 0 Å². The number of nitrogens with zero attached hydrogens (tertiary/aromatic N) is 1. The molecule has 19 heavy (non-hydrogen) atoms. The molecule has 0 aromatic heterocycles. The SMILES string of the molecule is CC(C)(C)S(=O)(=O)CCN(CC1CCCN1)C1CC1. The molecule has 112 valence electrons. The molecule has 1 N–H and O–H groups in total. The first kappa shape index (κ1) is 15.3. The second kappa shape index (κ2) is 5.70. The Kier molecular flexibility index (Phi) is 4.58. The molecule has 1 aliphatic heterocycles. The van der Waals surface area contributed by atoms with Gasteiger partial charge in [-0.3, -0.25) is 4.90 Å². The molecule has 0 amide bonds. The second-order valence-corrected chi connectivity index (χ2v) is 9.81. The highest BCUT2D eigenvalue weighted by Gasteiger charge is 2.34. The Labute approximate surface area is 117 Å². The minimum absolute atomic E-state index is 0.291. The smallest absolute Gasteiger partial charge is 0.156 e. The van der Waals surface area contributed by atoms with E-state index in [1.165, 1.54) is 25.7 Å². The Hall–Kier alpha value is -0.130. The molecule has 2 aliphatic rings. The standard InChI is InChI=1S/C14H28N2O2S/c1-14(2,3)19(17,18)10-9-16(13-6-7-13)11-12-5-4-8-15-12/h12-13,15H,4-11H2,1-3H3. The number of nitrogens with one attached hydrogen (secondary N) is 1. The molecule has 0 radical (unpaired) electrons. The molecular formula is C14H28N2O2S. The van der Waals surface area contributed by atoms with Crippen molar-refractivity contribution in [1.82, 2.24) is 10.2 Å². The molecule has 1 saturated heterocycles. The van der Waals surface area contributed by atoms with Gasteiger partial charge in [-0.1, -0.05) is 0 Å². The van der Waals surface area contributed by atoms with Crippen LogP contribution < -0.4 is 5.32 Å². The third-order valence-electron chi connectivity index (χ3n) is 4.26. The monoisotopic (exact) mass is 288 g/mol. The van der Waals surface area contributed by atoms with Gasteiger partial charge in [0, 0.05) is 25.2 Å². The molecule has 2 fully saturated rings. The van der Waals surface area contributed by atoms with Crippen molar-refractivity contribution in [2.45, 2.75) is 63.3 Å². The summed E-state index contributed by atoms with van der Waals surface area (Å²) in [4.78, 5) is 2.40. The molecular weight excluding hydrogens is 260 g/mol. The van der Waals surface area contributed by atoms with Crippen LogP contribution >= 0.6 is 0 Å². The Morgan fingerprint density at radius 2 is 1.89 bits per heavy atom. The van der Waals surface area contributed by atoms with E-state index in [4.69, 9.17) is 0 Å². The summed E-state index contributed by atoms with van der Waals surface area (Å²) in [5.74, 6) is 0.291. The van der Waals surface area contributed by atoms with Crippen LogP contribution in [-0.2, 0) is 9.84 Å². The van der Waals surface area contributed by atoms with Gasteiger partial charge in [0.15, 0.2) is 9.84 Å². The van der Waals surface area contributed by atoms with Gasteiger partial charge in [-0.25, -0.2) is 8.42 Å². The average Bonchev–Trinajstić information content (AvgIpc) is 3.01. The zero-order valence-corrected chi connectivity index (χ0v) is 13.3. The van der Waals surface area contributed by atoms with Crippen LogP contribution in [0.2, 0.25) is 0 Å². The van der Waals surface area contributed by atoms with E-state index in [1.807, 2.05) is 0 Å². The highest BCUT2D eigenvalue weighted by Crippen LogP contribution is 2.28. The molecule has 4 nitrogen and oxygen atoms in total. The van der Waals surface area contributed by atoms with Crippen molar-refractivity contribution in [3.05, 3.63) is 0 Å². The highest BCUT2D eigenvalue weighted by molar-refractivity contribution is 7.92. The van der Waals surface area contributed by atoms with Gasteiger partial charge in [0.25, 0.3) is 0 Å². The lowest BCUT2D eigenvalue weighted by atomic mass is 10.2. The molecule has 5 heteroatoms. The summed E-state index contributed by atoms with van der Waals surface area (Å²) in [6.45, 7) is 8.21. The van der Waals surface area contributed by atoms with Crippen molar-refractivity contribution in [2.75, 3.05) is 25.4 Å². The van der Waals surface area contributed by atoms with Crippen molar-refractivity contribution < 1.29 is 8.42 Å². The van der Waals surface area contributed by atoms with Crippen LogP contribution in [0.4, 0.5) is 0 Å². The Morgan fingerprint density at radius 1 is 1.21 bits per heavy atom. The Bertz CT molecular complexity index is 390. The highest BCUT2D eigenvalue weighted by atomic mass is 32.2. The molecule has 1 heterocycles. The van der Waals surface area contributed by atoms with E-state index in [9.17, 15) is 8.42 Å². The zero-order valence-electron chi connectivity index (χ0n) is 12.5. The van der Waals surface area contributed by atoms with Gasteiger partial charge in [0.1, 0.15) is 0 Å². The van der Waals surface area contributed by atoms with Gasteiger partial charge in [-0.15, -0.1) is 0 Å². The largest absolute Gasteiger partial charge is 0.313 e. The van der Waals surface area contributed by atoms with Gasteiger partial charge in [0.2, 0.25) is 0 Å². The number of rotatable bonds is 6. The molecule has 0 aromatic rings. The third-order valence-corrected chi connectivity index (χ3v) is 6.85. The molecule has 0 spiro atoms. The normalized spacial score (nSPS) is 25.2. The maximum absolute atomic E-state index is 12.2. The summed E-state index contributed by atoms with van der Waals surface area (Å²) < 4.78 is 23.8. The van der Waals surface area contributed by atoms with E-state index in [1.54, 1.807) is 20.8 Å². The maximum Gasteiger partial charge on any atom is 0.156 e. The van der Waals surface area contributed by atoms with Crippen molar-refractivity contribution >= 4 is 9.84 Å². The summed E-state index contributed by atoms with van der Waals surface area (Å²) in [6, 6.07) is 1.20. The summed E-state index contributed by atoms with van der Waals surface area (Å²) in [5, 5.41) is 3.51. The quantitative estimate of drug-likeness (QED) is 0.803. The fourth-order valence-corrected chi connectivity index (χ4v) is 3.69. The minimum Gasteiger partial charge on any atom is -0.313 e. The summed E-state index contributed by atoms with van der Waals surface area (Å²) in [6.07, 6.45) is 4.96. The molecule has 1 atom stereocenters. The minimum atomic E-state index is -2.99. The first-order chi connectivity index (χ1) is 8.79. The summed E-state index contributed by atoms with van der Waals surface area (Å²) >= 11 is 0. The van der Waals surface area contributed by atoms with Crippen LogP contribution in [0.3, 0.4) is 0 Å². The van der Waals surface area contributed by atoms with Gasteiger partial charge < -0.3 is 5.32 Å². The van der Waals surface area contributed by atoms with E-state index in [0.29, 0.717) is 24.4 Å². The summed E-state index contributed by atoms with van der Waals surface area (Å²) in [7, 11) is -2.99. The van der Waals surface area contributed by atoms with Crippen molar-refractivity contribution in [1.29, 1.82) is 0 Å². The fourth-order valence-electron chi connectivity index (χ4n) is 2.60. The van der Waals surface area contributed by atoms with Gasteiger partial charge >= 0.3 is 0 Å². The van der Waals surface area contributed by atoms with E-state index < -0.39 is 14.6 Å². The van der Waals surface area contributed by atoms with Crippen LogP contribution in [0, 0.1) is 0 Å². The zero-order chi connectivity index (χ0) is 14.1. The molecule has 1 unspecified atom stereocenters.